The molecular weight excluding hydrogens is 319 g/mol. The first-order valence-corrected chi connectivity index (χ1v) is 11.0. The fourth-order valence-electron chi connectivity index (χ4n) is 5.09. The van der Waals surface area contributed by atoms with E-state index in [0.717, 1.165) is 23.3 Å². The Bertz CT molecular complexity index is 531. The minimum Gasteiger partial charge on any atom is -0.207 e. The molecule has 2 aliphatic carbocycles. The molecule has 1 aromatic carbocycles. The summed E-state index contributed by atoms with van der Waals surface area (Å²) in [5.41, 5.74) is 1.99. The lowest BCUT2D eigenvalue weighted by Gasteiger charge is -2.38. The van der Waals surface area contributed by atoms with Crippen molar-refractivity contribution < 1.29 is 4.39 Å². The van der Waals surface area contributed by atoms with Gasteiger partial charge >= 0.3 is 0 Å². The lowest BCUT2D eigenvalue weighted by Crippen LogP contribution is -2.25. The molecule has 2 saturated carbocycles. The van der Waals surface area contributed by atoms with Crippen LogP contribution in [0.25, 0.3) is 0 Å². The lowest BCUT2D eigenvalue weighted by molar-refractivity contribution is 0.157. The van der Waals surface area contributed by atoms with E-state index >= 15 is 0 Å². The van der Waals surface area contributed by atoms with Crippen molar-refractivity contribution in [2.24, 2.45) is 17.8 Å². The highest BCUT2D eigenvalue weighted by molar-refractivity contribution is 5.26. The Kier molecular flexibility index (Phi) is 8.88. The SMILES string of the molecule is C=CCCC1CCC(C2CCC(c3ccc(C)c(F)c3)CC2)CC1.CC. The molecule has 0 aliphatic heterocycles. The van der Waals surface area contributed by atoms with Crippen molar-refractivity contribution >= 4 is 0 Å². The molecule has 0 bridgehead atoms. The summed E-state index contributed by atoms with van der Waals surface area (Å²) < 4.78 is 13.8. The Morgan fingerprint density at radius 2 is 1.54 bits per heavy atom. The van der Waals surface area contributed by atoms with Crippen LogP contribution in [0, 0.1) is 30.5 Å². The largest absolute Gasteiger partial charge is 0.207 e. The Hall–Kier alpha value is -1.11. The highest BCUT2D eigenvalue weighted by Crippen LogP contribution is 2.44. The van der Waals surface area contributed by atoms with Crippen LogP contribution in [0.4, 0.5) is 4.39 Å². The van der Waals surface area contributed by atoms with Crippen LogP contribution in [0.3, 0.4) is 0 Å². The highest BCUT2D eigenvalue weighted by Gasteiger charge is 2.31. The number of rotatable bonds is 5. The van der Waals surface area contributed by atoms with Gasteiger partial charge in [-0.05, 0) is 99.2 Å². The molecule has 0 nitrogen and oxygen atoms in total. The topological polar surface area (TPSA) is 0 Å². The van der Waals surface area contributed by atoms with Crippen molar-refractivity contribution in [3.63, 3.8) is 0 Å². The van der Waals surface area contributed by atoms with E-state index in [1.165, 1.54) is 69.8 Å². The number of allylic oxidation sites excluding steroid dienone is 1. The van der Waals surface area contributed by atoms with Gasteiger partial charge in [-0.2, -0.15) is 0 Å². The molecule has 3 rings (SSSR count). The molecule has 0 spiro atoms. The highest BCUT2D eigenvalue weighted by atomic mass is 19.1. The smallest absolute Gasteiger partial charge is 0.126 e. The summed E-state index contributed by atoms with van der Waals surface area (Å²) in [4.78, 5) is 0. The van der Waals surface area contributed by atoms with Crippen LogP contribution in [0.1, 0.15) is 95.1 Å². The van der Waals surface area contributed by atoms with Crippen LogP contribution in [0.5, 0.6) is 0 Å². The Morgan fingerprint density at radius 3 is 2.08 bits per heavy atom. The number of hydrogen-bond acceptors (Lipinski definition) is 0. The fourth-order valence-corrected chi connectivity index (χ4v) is 5.09. The van der Waals surface area contributed by atoms with Crippen LogP contribution >= 0.6 is 0 Å². The van der Waals surface area contributed by atoms with E-state index in [4.69, 9.17) is 0 Å². The Labute approximate surface area is 161 Å². The first kappa shape index (κ1) is 21.2. The maximum absolute atomic E-state index is 13.8. The van der Waals surface area contributed by atoms with E-state index in [2.05, 4.69) is 18.7 Å². The molecule has 0 aromatic heterocycles. The number of aryl methyl sites for hydroxylation is 1. The zero-order chi connectivity index (χ0) is 18.9. The van der Waals surface area contributed by atoms with Crippen molar-refractivity contribution in [1.29, 1.82) is 0 Å². The quantitative estimate of drug-likeness (QED) is 0.465. The summed E-state index contributed by atoms with van der Waals surface area (Å²) >= 11 is 0. The molecule has 0 saturated heterocycles. The lowest BCUT2D eigenvalue weighted by atomic mass is 9.68. The van der Waals surface area contributed by atoms with E-state index < -0.39 is 0 Å². The molecule has 0 heterocycles. The molecule has 2 fully saturated rings. The first-order chi connectivity index (χ1) is 12.7. The van der Waals surface area contributed by atoms with Gasteiger partial charge in [-0.1, -0.05) is 44.9 Å². The van der Waals surface area contributed by atoms with E-state index in [1.807, 2.05) is 26.8 Å². The van der Waals surface area contributed by atoms with Crippen LogP contribution in [0.2, 0.25) is 0 Å². The van der Waals surface area contributed by atoms with Crippen molar-refractivity contribution in [3.05, 3.63) is 47.8 Å². The third-order valence-electron chi connectivity index (χ3n) is 6.78. The van der Waals surface area contributed by atoms with Crippen LogP contribution in [0.15, 0.2) is 30.9 Å². The van der Waals surface area contributed by atoms with Crippen molar-refractivity contribution in [2.45, 2.75) is 90.9 Å². The van der Waals surface area contributed by atoms with E-state index in [-0.39, 0.29) is 5.82 Å². The first-order valence-electron chi connectivity index (χ1n) is 11.0. The molecule has 2 aliphatic rings. The van der Waals surface area contributed by atoms with Crippen LogP contribution < -0.4 is 0 Å². The minimum atomic E-state index is -0.0348. The second-order valence-corrected chi connectivity index (χ2v) is 8.27. The molecule has 1 heteroatoms. The van der Waals surface area contributed by atoms with Gasteiger partial charge in [-0.25, -0.2) is 4.39 Å². The van der Waals surface area contributed by atoms with Crippen molar-refractivity contribution in [1.82, 2.24) is 0 Å². The number of halogens is 1. The average Bonchev–Trinajstić information content (AvgIpc) is 2.70. The zero-order valence-corrected chi connectivity index (χ0v) is 17.3. The molecule has 26 heavy (non-hydrogen) atoms. The van der Waals surface area contributed by atoms with Gasteiger partial charge < -0.3 is 0 Å². The minimum absolute atomic E-state index is 0.0348. The van der Waals surface area contributed by atoms with Crippen LogP contribution in [-0.2, 0) is 0 Å². The summed E-state index contributed by atoms with van der Waals surface area (Å²) in [6.07, 6.45) is 15.6. The molecule has 0 amide bonds. The number of benzene rings is 1. The van der Waals surface area contributed by atoms with E-state index in [1.54, 1.807) is 6.07 Å². The van der Waals surface area contributed by atoms with Gasteiger partial charge in [-0.15, -0.1) is 6.58 Å². The second-order valence-electron chi connectivity index (χ2n) is 8.27. The van der Waals surface area contributed by atoms with E-state index in [0.29, 0.717) is 5.92 Å². The Morgan fingerprint density at radius 1 is 0.962 bits per heavy atom. The molecule has 146 valence electrons. The zero-order valence-electron chi connectivity index (χ0n) is 17.3. The van der Waals surface area contributed by atoms with Gasteiger partial charge in [0.05, 0.1) is 0 Å². The summed E-state index contributed by atoms with van der Waals surface area (Å²) in [7, 11) is 0. The van der Waals surface area contributed by atoms with Gasteiger partial charge in [0, 0.05) is 0 Å². The van der Waals surface area contributed by atoms with E-state index in [9.17, 15) is 4.39 Å². The summed E-state index contributed by atoms with van der Waals surface area (Å²) in [5, 5.41) is 0. The monoisotopic (exact) mass is 358 g/mol. The summed E-state index contributed by atoms with van der Waals surface area (Å²) in [5.74, 6) is 3.39. The third-order valence-corrected chi connectivity index (χ3v) is 6.78. The maximum atomic E-state index is 13.8. The molecule has 1 aromatic rings. The van der Waals surface area contributed by atoms with Gasteiger partial charge in [0.1, 0.15) is 5.82 Å². The summed E-state index contributed by atoms with van der Waals surface area (Å²) in [6, 6.07) is 5.88. The Balaban J connectivity index is 0.00000117. The second kappa shape index (κ2) is 10.9. The predicted octanol–water partition coefficient (Wildman–Crippen LogP) is 8.21. The van der Waals surface area contributed by atoms with Gasteiger partial charge in [0.2, 0.25) is 0 Å². The molecule has 0 N–H and O–H groups in total. The van der Waals surface area contributed by atoms with Crippen LogP contribution in [-0.4, -0.2) is 0 Å². The van der Waals surface area contributed by atoms with Crippen molar-refractivity contribution in [3.8, 4) is 0 Å². The fraction of sp³-hybridized carbons (Fsp3) is 0.680. The predicted molar refractivity (Wildman–Crippen MR) is 112 cm³/mol. The number of hydrogen-bond donors (Lipinski definition) is 0. The standard InChI is InChI=1S/C23H33F.C2H6/c1-3-4-5-18-7-10-19(11-8-18)20-12-14-21(15-13-20)22-9-6-17(2)23(24)16-22;1-2/h3,6,9,16,18-21H,1,4-5,7-8,10-15H2,2H3;1-2H3. The van der Waals surface area contributed by atoms with Gasteiger partial charge in [0.15, 0.2) is 0 Å². The van der Waals surface area contributed by atoms with Gasteiger partial charge in [0.25, 0.3) is 0 Å². The normalized spacial score (nSPS) is 28.8. The average molecular weight is 359 g/mol. The molecule has 0 radical (unpaired) electrons. The molecule has 0 unspecified atom stereocenters. The maximum Gasteiger partial charge on any atom is 0.126 e. The van der Waals surface area contributed by atoms with Crippen molar-refractivity contribution in [2.75, 3.05) is 0 Å². The third kappa shape index (κ3) is 5.69. The summed E-state index contributed by atoms with van der Waals surface area (Å²) in [6.45, 7) is 9.70. The van der Waals surface area contributed by atoms with Gasteiger partial charge in [-0.3, -0.25) is 0 Å². The molecule has 0 atom stereocenters. The molecular formula is C25H39F.